The number of anilines is 1. The zero-order valence-corrected chi connectivity index (χ0v) is 9.74. The van der Waals surface area contributed by atoms with Gasteiger partial charge in [0.15, 0.2) is 0 Å². The largest absolute Gasteiger partial charge is 0.408 e. The maximum Gasteiger partial charge on any atom is 0.315 e. The number of aryl methyl sites for hydroxylation is 3. The summed E-state index contributed by atoms with van der Waals surface area (Å²) in [6.07, 6.45) is 0. The molecule has 1 N–H and O–H groups in total. The third-order valence-corrected chi connectivity index (χ3v) is 2.59. The average molecular weight is 217 g/mol. The molecule has 0 aliphatic heterocycles. The highest BCUT2D eigenvalue weighted by atomic mass is 16.4. The molecule has 0 bridgehead atoms. The zero-order chi connectivity index (χ0) is 11.5. The topological polar surface area (TPSA) is 51.0 Å². The van der Waals surface area contributed by atoms with Gasteiger partial charge in [-0.05, 0) is 30.5 Å². The summed E-state index contributed by atoms with van der Waals surface area (Å²) in [4.78, 5) is 0. The molecule has 2 rings (SSSR count). The van der Waals surface area contributed by atoms with E-state index in [2.05, 4.69) is 47.6 Å². The lowest BCUT2D eigenvalue weighted by Crippen LogP contribution is -2.03. The molecule has 2 aromatic rings. The van der Waals surface area contributed by atoms with Gasteiger partial charge in [0.25, 0.3) is 0 Å². The molecule has 1 heterocycles. The number of nitrogens with one attached hydrogen (secondary N) is 1. The van der Waals surface area contributed by atoms with Gasteiger partial charge in [0.2, 0.25) is 5.89 Å². The van der Waals surface area contributed by atoms with Crippen molar-refractivity contribution in [2.24, 2.45) is 0 Å². The Morgan fingerprint density at radius 2 is 1.81 bits per heavy atom. The molecule has 0 unspecified atom stereocenters. The van der Waals surface area contributed by atoms with Gasteiger partial charge in [-0.1, -0.05) is 23.3 Å². The summed E-state index contributed by atoms with van der Waals surface area (Å²) in [7, 11) is 0. The average Bonchev–Trinajstić information content (AvgIpc) is 2.63. The molecule has 0 spiro atoms. The van der Waals surface area contributed by atoms with Crippen molar-refractivity contribution in [2.45, 2.75) is 27.3 Å². The Kier molecular flexibility index (Phi) is 2.90. The van der Waals surface area contributed by atoms with Gasteiger partial charge in [-0.3, -0.25) is 0 Å². The van der Waals surface area contributed by atoms with E-state index in [-0.39, 0.29) is 0 Å². The Bertz CT molecular complexity index is 471. The maximum atomic E-state index is 5.25. The lowest BCUT2D eigenvalue weighted by Gasteiger charge is -2.09. The van der Waals surface area contributed by atoms with Crippen LogP contribution in [0.3, 0.4) is 0 Å². The molecule has 0 saturated heterocycles. The highest BCUT2D eigenvalue weighted by molar-refractivity contribution is 5.36. The van der Waals surface area contributed by atoms with E-state index in [4.69, 9.17) is 4.42 Å². The van der Waals surface area contributed by atoms with E-state index in [0.29, 0.717) is 18.5 Å². The molecular weight excluding hydrogens is 202 g/mol. The summed E-state index contributed by atoms with van der Waals surface area (Å²) < 4.78 is 5.25. The third kappa shape index (κ3) is 2.21. The molecular formula is C12H15N3O. The van der Waals surface area contributed by atoms with Gasteiger partial charge in [0, 0.05) is 13.5 Å². The number of hydrogen-bond donors (Lipinski definition) is 1. The van der Waals surface area contributed by atoms with Crippen LogP contribution in [0.15, 0.2) is 22.6 Å². The molecule has 84 valence electrons. The van der Waals surface area contributed by atoms with Crippen molar-refractivity contribution in [2.75, 3.05) is 5.32 Å². The van der Waals surface area contributed by atoms with Crippen LogP contribution in [0.2, 0.25) is 0 Å². The van der Waals surface area contributed by atoms with Crippen molar-refractivity contribution in [1.29, 1.82) is 0 Å². The molecule has 1 aromatic carbocycles. The van der Waals surface area contributed by atoms with Crippen LogP contribution < -0.4 is 5.32 Å². The highest BCUT2D eigenvalue weighted by Crippen LogP contribution is 2.15. The lowest BCUT2D eigenvalue weighted by molar-refractivity contribution is 0.530. The lowest BCUT2D eigenvalue weighted by atomic mass is 10.0. The van der Waals surface area contributed by atoms with Gasteiger partial charge in [-0.15, -0.1) is 5.10 Å². The smallest absolute Gasteiger partial charge is 0.315 e. The Morgan fingerprint density at radius 1 is 1.12 bits per heavy atom. The summed E-state index contributed by atoms with van der Waals surface area (Å²) in [6.45, 7) is 6.68. The summed E-state index contributed by atoms with van der Waals surface area (Å²) >= 11 is 0. The predicted octanol–water partition coefficient (Wildman–Crippen LogP) is 2.61. The van der Waals surface area contributed by atoms with E-state index in [1.165, 1.54) is 16.7 Å². The number of rotatable bonds is 3. The molecule has 0 aliphatic rings. The standard InChI is InChI=1S/C12H15N3O/c1-8-5-4-6-9(2)11(8)7-13-12-15-14-10(3)16-12/h4-6H,7H2,1-3H3,(H,13,15). The van der Waals surface area contributed by atoms with Crippen LogP contribution in [0.1, 0.15) is 22.6 Å². The van der Waals surface area contributed by atoms with Crippen molar-refractivity contribution in [1.82, 2.24) is 10.2 Å². The normalized spacial score (nSPS) is 10.4. The van der Waals surface area contributed by atoms with Crippen molar-refractivity contribution >= 4 is 6.01 Å². The van der Waals surface area contributed by atoms with Gasteiger partial charge < -0.3 is 9.73 Å². The molecule has 4 nitrogen and oxygen atoms in total. The first-order chi connectivity index (χ1) is 7.66. The van der Waals surface area contributed by atoms with Gasteiger partial charge in [0.1, 0.15) is 0 Å². The Hall–Kier alpha value is -1.84. The second-order valence-electron chi connectivity index (χ2n) is 3.85. The first kappa shape index (κ1) is 10.7. The highest BCUT2D eigenvalue weighted by Gasteiger charge is 2.04. The van der Waals surface area contributed by atoms with Gasteiger partial charge in [-0.25, -0.2) is 0 Å². The Morgan fingerprint density at radius 3 is 2.38 bits per heavy atom. The SMILES string of the molecule is Cc1nnc(NCc2c(C)cccc2C)o1. The van der Waals surface area contributed by atoms with Crippen LogP contribution in [-0.4, -0.2) is 10.2 Å². The van der Waals surface area contributed by atoms with Gasteiger partial charge in [-0.2, -0.15) is 0 Å². The van der Waals surface area contributed by atoms with E-state index in [1.54, 1.807) is 6.92 Å². The second-order valence-corrected chi connectivity index (χ2v) is 3.85. The van der Waals surface area contributed by atoms with E-state index >= 15 is 0 Å². The fourth-order valence-electron chi connectivity index (χ4n) is 1.66. The molecule has 0 radical (unpaired) electrons. The summed E-state index contributed by atoms with van der Waals surface area (Å²) in [6, 6.07) is 6.73. The van der Waals surface area contributed by atoms with Crippen LogP contribution in [-0.2, 0) is 6.54 Å². The molecule has 0 saturated carbocycles. The van der Waals surface area contributed by atoms with Crippen molar-refractivity contribution in [3.8, 4) is 0 Å². The van der Waals surface area contributed by atoms with Gasteiger partial charge >= 0.3 is 6.01 Å². The first-order valence-corrected chi connectivity index (χ1v) is 5.26. The minimum Gasteiger partial charge on any atom is -0.408 e. The fraction of sp³-hybridized carbons (Fsp3) is 0.333. The number of hydrogen-bond acceptors (Lipinski definition) is 4. The van der Waals surface area contributed by atoms with Crippen LogP contribution in [0.4, 0.5) is 6.01 Å². The minimum atomic E-state index is 0.472. The van der Waals surface area contributed by atoms with Gasteiger partial charge in [0.05, 0.1) is 0 Å². The van der Waals surface area contributed by atoms with Crippen molar-refractivity contribution in [3.05, 3.63) is 40.8 Å². The first-order valence-electron chi connectivity index (χ1n) is 5.26. The summed E-state index contributed by atoms with van der Waals surface area (Å²) in [5.41, 5.74) is 3.81. The number of aromatic nitrogens is 2. The quantitative estimate of drug-likeness (QED) is 0.858. The van der Waals surface area contributed by atoms with Crippen LogP contribution in [0.5, 0.6) is 0 Å². The maximum absolute atomic E-state index is 5.25. The van der Waals surface area contributed by atoms with E-state index in [0.717, 1.165) is 0 Å². The molecule has 0 amide bonds. The van der Waals surface area contributed by atoms with E-state index in [9.17, 15) is 0 Å². The molecule has 16 heavy (non-hydrogen) atoms. The minimum absolute atomic E-state index is 0.472. The van der Waals surface area contributed by atoms with Crippen LogP contribution in [0.25, 0.3) is 0 Å². The van der Waals surface area contributed by atoms with Crippen molar-refractivity contribution in [3.63, 3.8) is 0 Å². The fourth-order valence-corrected chi connectivity index (χ4v) is 1.66. The van der Waals surface area contributed by atoms with E-state index < -0.39 is 0 Å². The zero-order valence-electron chi connectivity index (χ0n) is 9.74. The predicted molar refractivity (Wildman–Crippen MR) is 62.3 cm³/mol. The molecule has 1 aromatic heterocycles. The van der Waals surface area contributed by atoms with Crippen LogP contribution >= 0.6 is 0 Å². The molecule has 4 heteroatoms. The molecule has 0 aliphatic carbocycles. The Balaban J connectivity index is 2.10. The summed E-state index contributed by atoms with van der Waals surface area (Å²) in [5, 5.41) is 10.8. The van der Waals surface area contributed by atoms with Crippen molar-refractivity contribution < 1.29 is 4.42 Å². The monoisotopic (exact) mass is 217 g/mol. The Labute approximate surface area is 94.7 Å². The van der Waals surface area contributed by atoms with E-state index in [1.807, 2.05) is 0 Å². The number of nitrogens with zero attached hydrogens (tertiary/aromatic N) is 2. The second kappa shape index (κ2) is 4.35. The molecule has 0 fully saturated rings. The van der Waals surface area contributed by atoms with Crippen LogP contribution in [0, 0.1) is 20.8 Å². The number of benzene rings is 1. The summed E-state index contributed by atoms with van der Waals surface area (Å²) in [5.74, 6) is 0.573. The molecule has 0 atom stereocenters. The third-order valence-electron chi connectivity index (χ3n) is 2.59.